The maximum atomic E-state index is 13.3. The van der Waals surface area contributed by atoms with Crippen LogP contribution in [-0.2, 0) is 9.84 Å². The summed E-state index contributed by atoms with van der Waals surface area (Å²) < 4.78 is 36.6. The molecule has 1 aromatic rings. The van der Waals surface area contributed by atoms with Gasteiger partial charge in [-0.25, -0.2) is 12.8 Å². The van der Waals surface area contributed by atoms with Crippen LogP contribution in [0.4, 0.5) is 10.1 Å². The lowest BCUT2D eigenvalue weighted by Crippen LogP contribution is -2.10. The van der Waals surface area contributed by atoms with Gasteiger partial charge >= 0.3 is 0 Å². The predicted molar refractivity (Wildman–Crippen MR) is 61.2 cm³/mol. The van der Waals surface area contributed by atoms with Crippen LogP contribution in [0.5, 0.6) is 0 Å². The van der Waals surface area contributed by atoms with Gasteiger partial charge in [-0.3, -0.25) is 0 Å². The second-order valence-electron chi connectivity index (χ2n) is 3.00. The Morgan fingerprint density at radius 1 is 1.47 bits per heavy atom. The van der Waals surface area contributed by atoms with E-state index in [2.05, 4.69) is 0 Å². The summed E-state index contributed by atoms with van der Waals surface area (Å²) in [5.74, 6) is -0.391. The van der Waals surface area contributed by atoms with Crippen LogP contribution in [0.3, 0.4) is 0 Å². The number of anilines is 1. The Balaban J connectivity index is 3.05. The summed E-state index contributed by atoms with van der Waals surface area (Å²) in [5, 5.41) is 0. The first-order valence-corrected chi connectivity index (χ1v) is 7.28. The van der Waals surface area contributed by atoms with E-state index in [9.17, 15) is 12.8 Å². The molecule has 0 saturated carbocycles. The topological polar surface area (TPSA) is 60.2 Å². The number of hydrogen-bond acceptors (Lipinski definition) is 4. The molecule has 3 nitrogen and oxygen atoms in total. The molecule has 15 heavy (non-hydrogen) atoms. The number of thioether (sulfide) groups is 1. The van der Waals surface area contributed by atoms with E-state index in [1.807, 2.05) is 0 Å². The highest BCUT2D eigenvalue weighted by Crippen LogP contribution is 2.19. The lowest BCUT2D eigenvalue weighted by atomic mass is 10.3. The molecule has 6 heteroatoms. The van der Waals surface area contributed by atoms with Crippen LogP contribution in [0.2, 0.25) is 0 Å². The van der Waals surface area contributed by atoms with Crippen molar-refractivity contribution < 1.29 is 12.8 Å². The smallest absolute Gasteiger partial charge is 0.182 e. The monoisotopic (exact) mass is 249 g/mol. The second kappa shape index (κ2) is 4.85. The molecule has 0 atom stereocenters. The molecule has 2 N–H and O–H groups in total. The highest BCUT2D eigenvalue weighted by atomic mass is 32.2. The first-order valence-electron chi connectivity index (χ1n) is 4.24. The molecule has 84 valence electrons. The van der Waals surface area contributed by atoms with E-state index in [1.165, 1.54) is 23.9 Å². The molecule has 0 aliphatic carbocycles. The molecule has 0 bridgehead atoms. The van der Waals surface area contributed by atoms with Crippen LogP contribution in [0.25, 0.3) is 0 Å². The highest BCUT2D eigenvalue weighted by Gasteiger charge is 2.18. The van der Waals surface area contributed by atoms with Gasteiger partial charge in [-0.05, 0) is 24.5 Å². The van der Waals surface area contributed by atoms with Gasteiger partial charge in [0.1, 0.15) is 10.7 Å². The van der Waals surface area contributed by atoms with E-state index in [-0.39, 0.29) is 16.3 Å². The normalized spacial score (nSPS) is 11.6. The van der Waals surface area contributed by atoms with Gasteiger partial charge in [0.25, 0.3) is 0 Å². The first kappa shape index (κ1) is 12.3. The quantitative estimate of drug-likeness (QED) is 0.822. The summed E-state index contributed by atoms with van der Waals surface area (Å²) in [6.07, 6.45) is 1.80. The van der Waals surface area contributed by atoms with E-state index in [4.69, 9.17) is 5.73 Å². The maximum Gasteiger partial charge on any atom is 0.182 e. The average Bonchev–Trinajstić information content (AvgIpc) is 2.14. The number of nitrogen functional groups attached to an aromatic ring is 1. The zero-order valence-corrected chi connectivity index (χ0v) is 9.87. The van der Waals surface area contributed by atoms with Crippen LogP contribution in [-0.4, -0.2) is 26.2 Å². The molecular weight excluding hydrogens is 237 g/mol. The number of benzene rings is 1. The van der Waals surface area contributed by atoms with Crippen LogP contribution in [0.1, 0.15) is 0 Å². The molecule has 0 aliphatic heterocycles. The molecule has 0 spiro atoms. The van der Waals surface area contributed by atoms with Crippen molar-refractivity contribution in [3.63, 3.8) is 0 Å². The van der Waals surface area contributed by atoms with Gasteiger partial charge in [-0.15, -0.1) is 0 Å². The minimum Gasteiger partial charge on any atom is -0.399 e. The standard InChI is InChI=1S/C9H12FNO2S2/c1-14-4-5-15(12,13)9-3-2-7(11)6-8(9)10/h2-3,6H,4-5,11H2,1H3. The summed E-state index contributed by atoms with van der Waals surface area (Å²) in [7, 11) is -3.52. The Morgan fingerprint density at radius 3 is 2.67 bits per heavy atom. The number of hydrogen-bond donors (Lipinski definition) is 1. The molecule has 0 amide bonds. The molecule has 0 unspecified atom stereocenters. The second-order valence-corrected chi connectivity index (χ2v) is 6.06. The molecule has 0 heterocycles. The van der Waals surface area contributed by atoms with E-state index < -0.39 is 15.7 Å². The number of halogens is 1. The van der Waals surface area contributed by atoms with E-state index in [1.54, 1.807) is 6.26 Å². The number of rotatable bonds is 4. The Hall–Kier alpha value is -0.750. The molecule has 0 aromatic heterocycles. The van der Waals surface area contributed by atoms with Gasteiger partial charge in [0.05, 0.1) is 5.75 Å². The van der Waals surface area contributed by atoms with Crippen molar-refractivity contribution in [1.82, 2.24) is 0 Å². The van der Waals surface area contributed by atoms with Crippen LogP contribution >= 0.6 is 11.8 Å². The largest absolute Gasteiger partial charge is 0.399 e. The Morgan fingerprint density at radius 2 is 2.13 bits per heavy atom. The summed E-state index contributed by atoms with van der Waals surface area (Å²) in [6, 6.07) is 3.61. The molecule has 0 aliphatic rings. The van der Waals surface area contributed by atoms with Crippen molar-refractivity contribution in [2.75, 3.05) is 23.5 Å². The Labute approximate surface area is 92.8 Å². The van der Waals surface area contributed by atoms with Gasteiger partial charge in [0.2, 0.25) is 0 Å². The minimum atomic E-state index is -3.52. The van der Waals surface area contributed by atoms with Crippen LogP contribution in [0, 0.1) is 5.82 Å². The summed E-state index contributed by atoms with van der Waals surface area (Å²) in [6.45, 7) is 0. The van der Waals surface area contributed by atoms with Gasteiger partial charge in [-0.1, -0.05) is 0 Å². The van der Waals surface area contributed by atoms with Crippen molar-refractivity contribution in [3.05, 3.63) is 24.0 Å². The van der Waals surface area contributed by atoms with Gasteiger partial charge in [0, 0.05) is 11.4 Å². The molecule has 1 rings (SSSR count). The minimum absolute atomic E-state index is 0.0605. The van der Waals surface area contributed by atoms with Gasteiger partial charge in [0.15, 0.2) is 9.84 Å². The van der Waals surface area contributed by atoms with E-state index in [0.717, 1.165) is 6.07 Å². The average molecular weight is 249 g/mol. The summed E-state index contributed by atoms with van der Waals surface area (Å²) >= 11 is 1.41. The van der Waals surface area contributed by atoms with Crippen molar-refractivity contribution in [1.29, 1.82) is 0 Å². The van der Waals surface area contributed by atoms with Crippen molar-refractivity contribution >= 4 is 27.3 Å². The fraction of sp³-hybridized carbons (Fsp3) is 0.333. The first-order chi connectivity index (χ1) is 6.97. The molecule has 0 fully saturated rings. The van der Waals surface area contributed by atoms with Crippen molar-refractivity contribution in [3.8, 4) is 0 Å². The highest BCUT2D eigenvalue weighted by molar-refractivity contribution is 8.00. The molecule has 0 radical (unpaired) electrons. The number of nitrogens with two attached hydrogens (primary N) is 1. The SMILES string of the molecule is CSCCS(=O)(=O)c1ccc(N)cc1F. The van der Waals surface area contributed by atoms with E-state index >= 15 is 0 Å². The molecular formula is C9H12FNO2S2. The van der Waals surface area contributed by atoms with E-state index in [0.29, 0.717) is 5.75 Å². The van der Waals surface area contributed by atoms with Crippen molar-refractivity contribution in [2.45, 2.75) is 4.90 Å². The third-order valence-corrected chi connectivity index (χ3v) is 4.46. The maximum absolute atomic E-state index is 13.3. The Bertz CT molecular complexity index is 445. The van der Waals surface area contributed by atoms with Crippen LogP contribution < -0.4 is 5.73 Å². The third-order valence-electron chi connectivity index (χ3n) is 1.85. The third kappa shape index (κ3) is 3.10. The zero-order valence-electron chi connectivity index (χ0n) is 8.23. The van der Waals surface area contributed by atoms with Gasteiger partial charge < -0.3 is 5.73 Å². The fourth-order valence-electron chi connectivity index (χ4n) is 1.07. The lowest BCUT2D eigenvalue weighted by Gasteiger charge is -2.05. The van der Waals surface area contributed by atoms with Crippen molar-refractivity contribution in [2.24, 2.45) is 0 Å². The van der Waals surface area contributed by atoms with Crippen LogP contribution in [0.15, 0.2) is 23.1 Å². The summed E-state index contributed by atoms with van der Waals surface area (Å²) in [4.78, 5) is -0.272. The Kier molecular flexibility index (Phi) is 3.98. The molecule has 0 saturated heterocycles. The predicted octanol–water partition coefficient (Wildman–Crippen LogP) is 1.54. The molecule has 1 aromatic carbocycles. The fourth-order valence-corrected chi connectivity index (χ4v) is 3.47. The number of sulfone groups is 1. The van der Waals surface area contributed by atoms with Gasteiger partial charge in [-0.2, -0.15) is 11.8 Å². The lowest BCUT2D eigenvalue weighted by molar-refractivity contribution is 0.568. The zero-order chi connectivity index (χ0) is 11.5. The summed E-state index contributed by atoms with van der Waals surface area (Å²) in [5.41, 5.74) is 5.55.